The Morgan fingerprint density at radius 2 is 2.00 bits per heavy atom. The standard InChI is InChI=1S/C13H26N2O4/c1-15(8-11(16)9-18-2)12(17)13(10-19-3)4-6-14-7-5-13/h11,14,16H,4-10H2,1-3H3. The van der Waals surface area contributed by atoms with Gasteiger partial charge in [0.25, 0.3) is 0 Å². The summed E-state index contributed by atoms with van der Waals surface area (Å²) in [4.78, 5) is 14.2. The summed E-state index contributed by atoms with van der Waals surface area (Å²) >= 11 is 0. The first-order valence-corrected chi connectivity index (χ1v) is 6.68. The molecule has 112 valence electrons. The highest BCUT2D eigenvalue weighted by Gasteiger charge is 2.41. The summed E-state index contributed by atoms with van der Waals surface area (Å²) in [5.41, 5.74) is -0.457. The van der Waals surface area contributed by atoms with Gasteiger partial charge in [0.2, 0.25) is 5.91 Å². The number of piperidine rings is 1. The summed E-state index contributed by atoms with van der Waals surface area (Å²) in [6, 6.07) is 0. The summed E-state index contributed by atoms with van der Waals surface area (Å²) in [7, 11) is 4.88. The van der Waals surface area contributed by atoms with Crippen molar-refractivity contribution in [3.05, 3.63) is 0 Å². The zero-order chi connectivity index (χ0) is 14.3. The van der Waals surface area contributed by atoms with Crippen molar-refractivity contribution in [2.45, 2.75) is 18.9 Å². The molecule has 1 saturated heterocycles. The van der Waals surface area contributed by atoms with Gasteiger partial charge in [-0.1, -0.05) is 0 Å². The normalized spacial score (nSPS) is 20.0. The third-order valence-electron chi connectivity index (χ3n) is 3.63. The predicted octanol–water partition coefficient (Wildman–Crippen LogP) is -0.532. The van der Waals surface area contributed by atoms with Crippen molar-refractivity contribution in [2.75, 3.05) is 54.1 Å². The van der Waals surface area contributed by atoms with Gasteiger partial charge in [0.05, 0.1) is 24.7 Å². The molecule has 6 heteroatoms. The minimum Gasteiger partial charge on any atom is -0.389 e. The smallest absolute Gasteiger partial charge is 0.231 e. The zero-order valence-electron chi connectivity index (χ0n) is 12.1. The summed E-state index contributed by atoms with van der Waals surface area (Å²) in [5.74, 6) is 0.0472. The molecule has 0 aromatic heterocycles. The largest absolute Gasteiger partial charge is 0.389 e. The molecular formula is C13H26N2O4. The number of amides is 1. The number of aliphatic hydroxyl groups is 1. The minimum atomic E-state index is -0.653. The van der Waals surface area contributed by atoms with E-state index in [1.165, 1.54) is 7.11 Å². The molecule has 1 fully saturated rings. The second-order valence-electron chi connectivity index (χ2n) is 5.26. The van der Waals surface area contributed by atoms with E-state index in [9.17, 15) is 9.90 Å². The molecule has 1 heterocycles. The third-order valence-corrected chi connectivity index (χ3v) is 3.63. The van der Waals surface area contributed by atoms with E-state index in [4.69, 9.17) is 9.47 Å². The molecule has 0 saturated carbocycles. The van der Waals surface area contributed by atoms with Crippen molar-refractivity contribution in [3.63, 3.8) is 0 Å². The van der Waals surface area contributed by atoms with E-state index >= 15 is 0 Å². The first-order valence-electron chi connectivity index (χ1n) is 6.68. The lowest BCUT2D eigenvalue weighted by molar-refractivity contribution is -0.147. The van der Waals surface area contributed by atoms with E-state index in [2.05, 4.69) is 5.32 Å². The molecule has 6 nitrogen and oxygen atoms in total. The molecular weight excluding hydrogens is 248 g/mol. The molecule has 1 atom stereocenters. The highest BCUT2D eigenvalue weighted by Crippen LogP contribution is 2.31. The molecule has 1 aliphatic heterocycles. The lowest BCUT2D eigenvalue weighted by atomic mass is 9.78. The van der Waals surface area contributed by atoms with Gasteiger partial charge in [0.15, 0.2) is 0 Å². The molecule has 0 aromatic carbocycles. The van der Waals surface area contributed by atoms with Gasteiger partial charge in [-0.05, 0) is 25.9 Å². The van der Waals surface area contributed by atoms with Crippen LogP contribution >= 0.6 is 0 Å². The number of carbonyl (C=O) groups is 1. The number of rotatable bonds is 7. The Morgan fingerprint density at radius 1 is 1.37 bits per heavy atom. The summed E-state index contributed by atoms with van der Waals surface area (Å²) in [5, 5.41) is 13.0. The third kappa shape index (κ3) is 4.42. The Labute approximate surface area is 115 Å². The summed E-state index contributed by atoms with van der Waals surface area (Å²) < 4.78 is 10.1. The van der Waals surface area contributed by atoms with Crippen LogP contribution in [0.5, 0.6) is 0 Å². The minimum absolute atomic E-state index is 0.0472. The number of methoxy groups -OCH3 is 2. The SMILES string of the molecule is COCC(O)CN(C)C(=O)C1(COC)CCNCC1. The number of hydrogen-bond acceptors (Lipinski definition) is 5. The van der Waals surface area contributed by atoms with Gasteiger partial charge in [-0.2, -0.15) is 0 Å². The van der Waals surface area contributed by atoms with Gasteiger partial charge < -0.3 is 24.8 Å². The van der Waals surface area contributed by atoms with Crippen molar-refractivity contribution in [1.29, 1.82) is 0 Å². The first kappa shape index (κ1) is 16.4. The summed E-state index contributed by atoms with van der Waals surface area (Å²) in [6.07, 6.45) is 0.884. The fourth-order valence-electron chi connectivity index (χ4n) is 2.65. The predicted molar refractivity (Wildman–Crippen MR) is 71.9 cm³/mol. The fraction of sp³-hybridized carbons (Fsp3) is 0.923. The van der Waals surface area contributed by atoms with Crippen molar-refractivity contribution in [3.8, 4) is 0 Å². The maximum atomic E-state index is 12.6. The van der Waals surface area contributed by atoms with Crippen LogP contribution in [-0.4, -0.2) is 76.1 Å². The molecule has 1 aliphatic rings. The van der Waals surface area contributed by atoms with Crippen molar-refractivity contribution in [1.82, 2.24) is 10.2 Å². The van der Waals surface area contributed by atoms with Crippen molar-refractivity contribution < 1.29 is 19.4 Å². The van der Waals surface area contributed by atoms with Gasteiger partial charge >= 0.3 is 0 Å². The lowest BCUT2D eigenvalue weighted by Crippen LogP contribution is -2.52. The van der Waals surface area contributed by atoms with Crippen LogP contribution in [0, 0.1) is 5.41 Å². The van der Waals surface area contributed by atoms with Gasteiger partial charge in [-0.25, -0.2) is 0 Å². The Balaban J connectivity index is 2.65. The Hall–Kier alpha value is -0.690. The van der Waals surface area contributed by atoms with Crippen LogP contribution in [0.15, 0.2) is 0 Å². The summed E-state index contributed by atoms with van der Waals surface area (Å²) in [6.45, 7) is 2.59. The van der Waals surface area contributed by atoms with Crippen molar-refractivity contribution >= 4 is 5.91 Å². The topological polar surface area (TPSA) is 71.0 Å². The maximum absolute atomic E-state index is 12.6. The number of likely N-dealkylation sites (N-methyl/N-ethyl adjacent to an activating group) is 1. The molecule has 19 heavy (non-hydrogen) atoms. The molecule has 1 rings (SSSR count). The van der Waals surface area contributed by atoms with Gasteiger partial charge in [-0.15, -0.1) is 0 Å². The maximum Gasteiger partial charge on any atom is 0.231 e. The number of nitrogens with zero attached hydrogens (tertiary/aromatic N) is 1. The quantitative estimate of drug-likeness (QED) is 0.653. The number of ether oxygens (including phenoxy) is 2. The van der Waals surface area contributed by atoms with Crippen LogP contribution in [0.25, 0.3) is 0 Å². The molecule has 0 spiro atoms. The van der Waals surface area contributed by atoms with Crippen LogP contribution in [0.4, 0.5) is 0 Å². The highest BCUT2D eigenvalue weighted by atomic mass is 16.5. The number of hydrogen-bond donors (Lipinski definition) is 2. The van der Waals surface area contributed by atoms with Crippen LogP contribution in [-0.2, 0) is 14.3 Å². The van der Waals surface area contributed by atoms with Crippen molar-refractivity contribution in [2.24, 2.45) is 5.41 Å². The molecule has 0 bridgehead atoms. The van der Waals surface area contributed by atoms with E-state index in [1.807, 2.05) is 0 Å². The molecule has 2 N–H and O–H groups in total. The van der Waals surface area contributed by atoms with E-state index in [-0.39, 0.29) is 19.1 Å². The molecule has 0 aromatic rings. The van der Waals surface area contributed by atoms with Gasteiger partial charge in [0, 0.05) is 27.8 Å². The van der Waals surface area contributed by atoms with Gasteiger partial charge in [0.1, 0.15) is 0 Å². The highest BCUT2D eigenvalue weighted by molar-refractivity contribution is 5.83. The number of aliphatic hydroxyl groups excluding tert-OH is 1. The van der Waals surface area contributed by atoms with E-state index in [0.29, 0.717) is 6.61 Å². The molecule has 1 amide bonds. The second kappa shape index (κ2) is 7.79. The van der Waals surface area contributed by atoms with E-state index in [0.717, 1.165) is 25.9 Å². The first-order chi connectivity index (χ1) is 9.05. The monoisotopic (exact) mass is 274 g/mol. The molecule has 0 radical (unpaired) electrons. The second-order valence-corrected chi connectivity index (χ2v) is 5.26. The Kier molecular flexibility index (Phi) is 6.71. The Morgan fingerprint density at radius 3 is 2.53 bits per heavy atom. The zero-order valence-corrected chi connectivity index (χ0v) is 12.1. The average molecular weight is 274 g/mol. The number of carbonyl (C=O) groups excluding carboxylic acids is 1. The molecule has 0 aliphatic carbocycles. The van der Waals surface area contributed by atoms with Crippen LogP contribution in [0.3, 0.4) is 0 Å². The number of nitrogens with one attached hydrogen (secondary N) is 1. The fourth-order valence-corrected chi connectivity index (χ4v) is 2.65. The lowest BCUT2D eigenvalue weighted by Gasteiger charge is -2.38. The van der Waals surface area contributed by atoms with Crippen LogP contribution in [0.1, 0.15) is 12.8 Å². The average Bonchev–Trinajstić information content (AvgIpc) is 2.39. The Bertz CT molecular complexity index is 274. The van der Waals surface area contributed by atoms with Crippen LogP contribution in [0.2, 0.25) is 0 Å². The van der Waals surface area contributed by atoms with E-state index in [1.54, 1.807) is 19.1 Å². The van der Waals surface area contributed by atoms with Gasteiger partial charge in [-0.3, -0.25) is 4.79 Å². The van der Waals surface area contributed by atoms with Crippen LogP contribution < -0.4 is 5.32 Å². The van der Waals surface area contributed by atoms with E-state index < -0.39 is 11.5 Å². The molecule has 1 unspecified atom stereocenters.